The van der Waals surface area contributed by atoms with Crippen molar-refractivity contribution in [3.8, 4) is 11.1 Å². The smallest absolute Gasteiger partial charge is 0.407 e. The van der Waals surface area contributed by atoms with Crippen molar-refractivity contribution in [2.45, 2.75) is 18.4 Å². The number of anilines is 1. The molecule has 0 fully saturated rings. The Morgan fingerprint density at radius 3 is 2.23 bits per heavy atom. The maximum absolute atomic E-state index is 12.8. The molecule has 8 heteroatoms. The lowest BCUT2D eigenvalue weighted by Gasteiger charge is -2.19. The van der Waals surface area contributed by atoms with Gasteiger partial charge in [0.05, 0.1) is 13.0 Å². The Morgan fingerprint density at radius 2 is 1.60 bits per heavy atom. The van der Waals surface area contributed by atoms with Crippen LogP contribution in [0.3, 0.4) is 0 Å². The zero-order chi connectivity index (χ0) is 24.8. The topological polar surface area (TPSA) is 114 Å². The number of nitrogens with one attached hydrogen (secondary N) is 2. The monoisotopic (exact) mass is 474 g/mol. The van der Waals surface area contributed by atoms with Crippen molar-refractivity contribution in [1.29, 1.82) is 0 Å². The number of hydrogen-bond donors (Lipinski definition) is 3. The fourth-order valence-corrected chi connectivity index (χ4v) is 4.29. The van der Waals surface area contributed by atoms with Crippen LogP contribution in [0, 0.1) is 0 Å². The molecule has 0 unspecified atom stereocenters. The summed E-state index contributed by atoms with van der Waals surface area (Å²) in [5, 5.41) is 14.2. The number of carbonyl (C=O) groups excluding carboxylic acids is 2. The Labute approximate surface area is 202 Å². The highest BCUT2D eigenvalue weighted by atomic mass is 16.5. The van der Waals surface area contributed by atoms with Crippen molar-refractivity contribution in [2.24, 2.45) is 0 Å². The highest BCUT2D eigenvalue weighted by Crippen LogP contribution is 2.44. The van der Waals surface area contributed by atoms with E-state index >= 15 is 0 Å². The predicted molar refractivity (Wildman–Crippen MR) is 130 cm³/mol. The number of alkyl carbamates (subject to hydrolysis) is 1. The number of aliphatic carboxylic acids is 1. The first-order chi connectivity index (χ1) is 17.0. The average Bonchev–Trinajstić information content (AvgIpc) is 3.16. The summed E-state index contributed by atoms with van der Waals surface area (Å²) in [5.41, 5.74) is 5.40. The van der Waals surface area contributed by atoms with Gasteiger partial charge >= 0.3 is 12.1 Å². The van der Waals surface area contributed by atoms with E-state index in [1.807, 2.05) is 36.4 Å². The second kappa shape index (κ2) is 10.8. The molecular weight excluding hydrogens is 448 g/mol. The standard InChI is InChI=1S/C27H26N2O6/c1-34-16-24(26(32)28-18-8-6-7-17(13-18)14-25(30)31)29-27(33)35-15-23-21-11-4-2-9-19(21)20-10-3-5-12-22(20)23/h2-13,23-24H,14-16H2,1H3,(H,28,32)(H,29,33)(H,30,31)/t24-/m0/s1. The fourth-order valence-electron chi connectivity index (χ4n) is 4.29. The van der Waals surface area contributed by atoms with E-state index in [1.54, 1.807) is 24.3 Å². The third-order valence-electron chi connectivity index (χ3n) is 5.84. The Bertz CT molecular complexity index is 1200. The van der Waals surface area contributed by atoms with Crippen molar-refractivity contribution in [3.05, 3.63) is 89.5 Å². The molecule has 3 N–H and O–H groups in total. The van der Waals surface area contributed by atoms with Crippen LogP contribution in [0.25, 0.3) is 11.1 Å². The van der Waals surface area contributed by atoms with Gasteiger partial charge in [-0.05, 0) is 39.9 Å². The molecule has 2 amide bonds. The highest BCUT2D eigenvalue weighted by Gasteiger charge is 2.29. The molecule has 0 spiro atoms. The first kappa shape index (κ1) is 24.0. The minimum absolute atomic E-state index is 0.0646. The molecule has 3 aromatic carbocycles. The van der Waals surface area contributed by atoms with Crippen LogP contribution in [0.15, 0.2) is 72.8 Å². The Kier molecular flexibility index (Phi) is 7.42. The summed E-state index contributed by atoms with van der Waals surface area (Å²) in [5.74, 6) is -1.57. The molecular formula is C27H26N2O6. The van der Waals surface area contributed by atoms with E-state index in [4.69, 9.17) is 14.6 Å². The zero-order valence-corrected chi connectivity index (χ0v) is 19.2. The quantitative estimate of drug-likeness (QED) is 0.435. The third-order valence-corrected chi connectivity index (χ3v) is 5.84. The van der Waals surface area contributed by atoms with E-state index in [2.05, 4.69) is 22.8 Å². The number of hydrogen-bond acceptors (Lipinski definition) is 5. The van der Waals surface area contributed by atoms with Gasteiger partial charge in [-0.25, -0.2) is 4.79 Å². The van der Waals surface area contributed by atoms with E-state index in [-0.39, 0.29) is 25.6 Å². The first-order valence-electron chi connectivity index (χ1n) is 11.2. The molecule has 0 heterocycles. The molecule has 1 aliphatic rings. The molecule has 0 bridgehead atoms. The largest absolute Gasteiger partial charge is 0.481 e. The summed E-state index contributed by atoms with van der Waals surface area (Å²) < 4.78 is 10.6. The Morgan fingerprint density at radius 1 is 0.943 bits per heavy atom. The van der Waals surface area contributed by atoms with Gasteiger partial charge in [-0.1, -0.05) is 60.7 Å². The summed E-state index contributed by atoms with van der Waals surface area (Å²) in [6.45, 7) is 0.0588. The summed E-state index contributed by atoms with van der Waals surface area (Å²) in [6.07, 6.45) is -0.896. The van der Waals surface area contributed by atoms with E-state index in [0.29, 0.717) is 11.3 Å². The average molecular weight is 475 g/mol. The number of benzene rings is 3. The van der Waals surface area contributed by atoms with E-state index in [1.165, 1.54) is 7.11 Å². The fraction of sp³-hybridized carbons (Fsp3) is 0.222. The van der Waals surface area contributed by atoms with Crippen LogP contribution in [0.1, 0.15) is 22.6 Å². The van der Waals surface area contributed by atoms with Gasteiger partial charge in [0.1, 0.15) is 12.6 Å². The second-order valence-corrected chi connectivity index (χ2v) is 8.24. The van der Waals surface area contributed by atoms with Gasteiger partial charge in [-0.15, -0.1) is 0 Å². The second-order valence-electron chi connectivity index (χ2n) is 8.24. The van der Waals surface area contributed by atoms with Gasteiger partial charge in [0.15, 0.2) is 0 Å². The van der Waals surface area contributed by atoms with E-state index in [9.17, 15) is 14.4 Å². The minimum Gasteiger partial charge on any atom is -0.481 e. The molecule has 180 valence electrons. The van der Waals surface area contributed by atoms with Crippen molar-refractivity contribution in [3.63, 3.8) is 0 Å². The molecule has 8 nitrogen and oxygen atoms in total. The van der Waals surface area contributed by atoms with Crippen LogP contribution in [-0.4, -0.2) is 49.4 Å². The van der Waals surface area contributed by atoms with E-state index < -0.39 is 24.0 Å². The molecule has 0 aromatic heterocycles. The summed E-state index contributed by atoms with van der Waals surface area (Å²) >= 11 is 0. The summed E-state index contributed by atoms with van der Waals surface area (Å²) in [7, 11) is 1.42. The molecule has 35 heavy (non-hydrogen) atoms. The van der Waals surface area contributed by atoms with Crippen LogP contribution < -0.4 is 10.6 Å². The molecule has 0 saturated heterocycles. The van der Waals surface area contributed by atoms with Crippen LogP contribution in [0.5, 0.6) is 0 Å². The summed E-state index contributed by atoms with van der Waals surface area (Å²) in [4.78, 5) is 36.3. The zero-order valence-electron chi connectivity index (χ0n) is 19.2. The van der Waals surface area contributed by atoms with Gasteiger partial charge < -0.3 is 25.2 Å². The third kappa shape index (κ3) is 5.67. The van der Waals surface area contributed by atoms with Crippen LogP contribution in [-0.2, 0) is 25.5 Å². The van der Waals surface area contributed by atoms with Gasteiger partial charge in [0, 0.05) is 18.7 Å². The summed E-state index contributed by atoms with van der Waals surface area (Å²) in [6, 6.07) is 21.6. The molecule has 4 rings (SSSR count). The normalized spacial score (nSPS) is 12.8. The van der Waals surface area contributed by atoms with Crippen LogP contribution in [0.4, 0.5) is 10.5 Å². The molecule has 0 radical (unpaired) electrons. The van der Waals surface area contributed by atoms with Crippen LogP contribution >= 0.6 is 0 Å². The maximum atomic E-state index is 12.8. The van der Waals surface area contributed by atoms with Gasteiger partial charge in [0.25, 0.3) is 0 Å². The highest BCUT2D eigenvalue weighted by molar-refractivity contribution is 5.96. The molecule has 1 aliphatic carbocycles. The number of amides is 2. The Hall–Kier alpha value is -4.17. The van der Waals surface area contributed by atoms with Crippen LogP contribution in [0.2, 0.25) is 0 Å². The number of methoxy groups -OCH3 is 1. The molecule has 1 atom stereocenters. The first-order valence-corrected chi connectivity index (χ1v) is 11.2. The molecule has 0 aliphatic heterocycles. The SMILES string of the molecule is COC[C@H](NC(=O)OCC1c2ccccc2-c2ccccc21)C(=O)Nc1cccc(CC(=O)O)c1. The Balaban J connectivity index is 1.39. The number of ether oxygens (including phenoxy) is 2. The maximum Gasteiger partial charge on any atom is 0.407 e. The number of carboxylic acid groups (broad SMARTS) is 1. The number of carboxylic acids is 1. The molecule has 3 aromatic rings. The van der Waals surface area contributed by atoms with Crippen molar-refractivity contribution >= 4 is 23.7 Å². The number of carbonyl (C=O) groups is 3. The predicted octanol–water partition coefficient (Wildman–Crippen LogP) is 3.81. The molecule has 0 saturated carbocycles. The lowest BCUT2D eigenvalue weighted by molar-refractivity contribution is -0.136. The van der Waals surface area contributed by atoms with Crippen molar-refractivity contribution < 1.29 is 29.0 Å². The van der Waals surface area contributed by atoms with Crippen molar-refractivity contribution in [2.75, 3.05) is 25.6 Å². The lowest BCUT2D eigenvalue weighted by atomic mass is 9.98. The number of rotatable bonds is 9. The van der Waals surface area contributed by atoms with E-state index in [0.717, 1.165) is 22.3 Å². The number of fused-ring (bicyclic) bond motifs is 3. The van der Waals surface area contributed by atoms with Crippen molar-refractivity contribution in [1.82, 2.24) is 5.32 Å². The van der Waals surface area contributed by atoms with Gasteiger partial charge in [-0.2, -0.15) is 0 Å². The minimum atomic E-state index is -1.00. The van der Waals surface area contributed by atoms with Gasteiger partial charge in [0.2, 0.25) is 5.91 Å². The lowest BCUT2D eigenvalue weighted by Crippen LogP contribution is -2.47. The van der Waals surface area contributed by atoms with Gasteiger partial charge in [-0.3, -0.25) is 9.59 Å².